The second-order valence-corrected chi connectivity index (χ2v) is 6.00. The summed E-state index contributed by atoms with van der Waals surface area (Å²) >= 11 is 0. The fraction of sp³-hybridized carbons (Fsp3) is 0.938. The summed E-state index contributed by atoms with van der Waals surface area (Å²) in [5.74, 6) is 0.594. The molecule has 0 aromatic heterocycles. The van der Waals surface area contributed by atoms with Crippen molar-refractivity contribution in [1.82, 2.24) is 10.2 Å². The molecule has 132 valence electrons. The largest absolute Gasteiger partial charge is 0.379 e. The highest BCUT2D eigenvalue weighted by molar-refractivity contribution is 14.0. The Morgan fingerprint density at radius 1 is 1.18 bits per heavy atom. The van der Waals surface area contributed by atoms with Gasteiger partial charge in [-0.05, 0) is 37.6 Å². The van der Waals surface area contributed by atoms with Crippen LogP contribution < -0.4 is 11.1 Å². The first kappa shape index (κ1) is 21.9. The third-order valence-electron chi connectivity index (χ3n) is 4.90. The molecule has 6 heteroatoms. The van der Waals surface area contributed by atoms with E-state index in [1.54, 1.807) is 0 Å². The topological polar surface area (TPSA) is 62.9 Å². The highest BCUT2D eigenvalue weighted by Crippen LogP contribution is 2.30. The molecule has 0 aromatic carbocycles. The maximum absolute atomic E-state index is 5.97. The Morgan fingerprint density at radius 3 is 2.32 bits per heavy atom. The first-order valence-corrected chi connectivity index (χ1v) is 8.49. The number of nitrogens with two attached hydrogens (primary N) is 1. The van der Waals surface area contributed by atoms with E-state index in [0.717, 1.165) is 71.6 Å². The molecule has 0 aliphatic carbocycles. The first-order valence-electron chi connectivity index (χ1n) is 8.49. The normalized spacial score (nSPS) is 17.1. The lowest BCUT2D eigenvalue weighted by Gasteiger charge is -2.28. The highest BCUT2D eigenvalue weighted by atomic mass is 127. The number of rotatable bonds is 9. The lowest BCUT2D eigenvalue weighted by Crippen LogP contribution is -2.39. The molecule has 1 fully saturated rings. The van der Waals surface area contributed by atoms with E-state index in [1.165, 1.54) is 0 Å². The molecule has 1 rings (SSSR count). The second-order valence-electron chi connectivity index (χ2n) is 6.00. The zero-order chi connectivity index (χ0) is 15.6. The van der Waals surface area contributed by atoms with Crippen LogP contribution in [-0.4, -0.2) is 56.8 Å². The molecule has 0 amide bonds. The molecule has 0 radical (unpaired) electrons. The van der Waals surface area contributed by atoms with Gasteiger partial charge < -0.3 is 15.8 Å². The van der Waals surface area contributed by atoms with E-state index in [-0.39, 0.29) is 24.0 Å². The summed E-state index contributed by atoms with van der Waals surface area (Å²) in [7, 11) is 0. The maximum Gasteiger partial charge on any atom is 0.188 e. The molecule has 1 heterocycles. The van der Waals surface area contributed by atoms with Crippen LogP contribution >= 0.6 is 24.0 Å². The summed E-state index contributed by atoms with van der Waals surface area (Å²) < 4.78 is 5.34. The number of ether oxygens (including phenoxy) is 1. The molecule has 0 saturated carbocycles. The van der Waals surface area contributed by atoms with Crippen LogP contribution in [0.1, 0.15) is 46.5 Å². The Labute approximate surface area is 153 Å². The predicted molar refractivity (Wildman–Crippen MR) is 105 cm³/mol. The maximum atomic E-state index is 5.97. The van der Waals surface area contributed by atoms with Gasteiger partial charge in [0.2, 0.25) is 0 Å². The van der Waals surface area contributed by atoms with Gasteiger partial charge in [-0.1, -0.05) is 20.8 Å². The highest BCUT2D eigenvalue weighted by Gasteiger charge is 2.23. The minimum absolute atomic E-state index is 0. The Kier molecular flexibility index (Phi) is 12.3. The zero-order valence-electron chi connectivity index (χ0n) is 14.6. The van der Waals surface area contributed by atoms with E-state index in [2.05, 4.69) is 36.0 Å². The van der Waals surface area contributed by atoms with Gasteiger partial charge in [-0.2, -0.15) is 0 Å². The minimum atomic E-state index is 0. The van der Waals surface area contributed by atoms with Gasteiger partial charge in [-0.3, -0.25) is 9.89 Å². The van der Waals surface area contributed by atoms with Gasteiger partial charge in [0.25, 0.3) is 0 Å². The third kappa shape index (κ3) is 7.97. The van der Waals surface area contributed by atoms with Crippen molar-refractivity contribution in [1.29, 1.82) is 0 Å². The van der Waals surface area contributed by atoms with Gasteiger partial charge in [0, 0.05) is 26.2 Å². The number of morpholine rings is 1. The van der Waals surface area contributed by atoms with E-state index in [4.69, 9.17) is 10.5 Å². The smallest absolute Gasteiger partial charge is 0.188 e. The molecule has 0 bridgehead atoms. The van der Waals surface area contributed by atoms with Gasteiger partial charge in [-0.15, -0.1) is 24.0 Å². The Bertz CT molecular complexity index is 294. The standard InChI is InChI=1S/C16H34N4O.HI/c1-4-16(5-2,6-3)14-19-15(17)18-8-7-9-20-10-12-21-13-11-20;/h4-14H2,1-3H3,(H3,17,18,19);1H. The number of hydrogen-bond donors (Lipinski definition) is 2. The average molecular weight is 426 g/mol. The van der Waals surface area contributed by atoms with Crippen LogP contribution in [0.5, 0.6) is 0 Å². The minimum Gasteiger partial charge on any atom is -0.379 e. The quantitative estimate of drug-likeness (QED) is 0.257. The number of guanidine groups is 1. The average Bonchev–Trinajstić information content (AvgIpc) is 2.54. The van der Waals surface area contributed by atoms with Gasteiger partial charge in [0.05, 0.1) is 13.2 Å². The lowest BCUT2D eigenvalue weighted by atomic mass is 9.80. The van der Waals surface area contributed by atoms with Crippen molar-refractivity contribution < 1.29 is 4.74 Å². The molecule has 0 atom stereocenters. The molecule has 0 spiro atoms. The van der Waals surface area contributed by atoms with Gasteiger partial charge in [0.1, 0.15) is 0 Å². The summed E-state index contributed by atoms with van der Waals surface area (Å²) in [5.41, 5.74) is 6.29. The van der Waals surface area contributed by atoms with Crippen LogP contribution in [0, 0.1) is 5.41 Å². The van der Waals surface area contributed by atoms with E-state index in [1.807, 2.05) is 0 Å². The van der Waals surface area contributed by atoms with Crippen molar-refractivity contribution in [3.63, 3.8) is 0 Å². The summed E-state index contributed by atoms with van der Waals surface area (Å²) in [6.07, 6.45) is 4.58. The van der Waals surface area contributed by atoms with E-state index in [9.17, 15) is 0 Å². The van der Waals surface area contributed by atoms with Gasteiger partial charge in [-0.25, -0.2) is 0 Å². The Hall–Kier alpha value is -0.0800. The number of aliphatic imine (C=N–C) groups is 1. The molecule has 5 nitrogen and oxygen atoms in total. The monoisotopic (exact) mass is 426 g/mol. The van der Waals surface area contributed by atoms with Crippen molar-refractivity contribution in [2.75, 3.05) is 45.9 Å². The van der Waals surface area contributed by atoms with E-state index < -0.39 is 0 Å². The van der Waals surface area contributed by atoms with Gasteiger partial charge >= 0.3 is 0 Å². The molecule has 22 heavy (non-hydrogen) atoms. The second kappa shape index (κ2) is 12.4. The van der Waals surface area contributed by atoms with Gasteiger partial charge in [0.15, 0.2) is 5.96 Å². The molecule has 1 saturated heterocycles. The third-order valence-corrected chi connectivity index (χ3v) is 4.90. The molecule has 1 aliphatic rings. The number of nitrogens with one attached hydrogen (secondary N) is 1. The van der Waals surface area contributed by atoms with E-state index >= 15 is 0 Å². The SMILES string of the molecule is CCC(CC)(CC)CN=C(N)NCCCN1CCOCC1.I. The van der Waals surface area contributed by atoms with E-state index in [0.29, 0.717) is 11.4 Å². The molecule has 3 N–H and O–H groups in total. The number of nitrogens with zero attached hydrogens (tertiary/aromatic N) is 2. The molecular weight excluding hydrogens is 391 g/mol. The van der Waals surface area contributed by atoms with Crippen LogP contribution in [0.2, 0.25) is 0 Å². The van der Waals surface area contributed by atoms with Crippen molar-refractivity contribution in [2.24, 2.45) is 16.1 Å². The number of hydrogen-bond acceptors (Lipinski definition) is 3. The fourth-order valence-corrected chi connectivity index (χ4v) is 2.74. The number of halogens is 1. The van der Waals surface area contributed by atoms with Crippen molar-refractivity contribution in [3.8, 4) is 0 Å². The van der Waals surface area contributed by atoms with Crippen LogP contribution in [0.25, 0.3) is 0 Å². The van der Waals surface area contributed by atoms with Crippen LogP contribution in [0.3, 0.4) is 0 Å². The molecule has 0 unspecified atom stereocenters. The summed E-state index contributed by atoms with van der Waals surface area (Å²) in [5, 5.41) is 3.24. The summed E-state index contributed by atoms with van der Waals surface area (Å²) in [6.45, 7) is 13.4. The van der Waals surface area contributed by atoms with Crippen LogP contribution in [0.4, 0.5) is 0 Å². The lowest BCUT2D eigenvalue weighted by molar-refractivity contribution is 0.0376. The summed E-state index contributed by atoms with van der Waals surface area (Å²) in [6, 6.07) is 0. The molecule has 0 aromatic rings. The van der Waals surface area contributed by atoms with Crippen LogP contribution in [-0.2, 0) is 4.74 Å². The van der Waals surface area contributed by atoms with Crippen LogP contribution in [0.15, 0.2) is 4.99 Å². The molecule has 1 aliphatic heterocycles. The molecular formula is C16H35IN4O. The Balaban J connectivity index is 0.00000441. The first-order chi connectivity index (χ1) is 10.2. The van der Waals surface area contributed by atoms with Crippen molar-refractivity contribution in [2.45, 2.75) is 46.5 Å². The fourth-order valence-electron chi connectivity index (χ4n) is 2.74. The Morgan fingerprint density at radius 2 is 1.77 bits per heavy atom. The van der Waals surface area contributed by atoms with Crippen molar-refractivity contribution >= 4 is 29.9 Å². The predicted octanol–water partition coefficient (Wildman–Crippen LogP) is 2.45. The van der Waals surface area contributed by atoms with Crippen molar-refractivity contribution in [3.05, 3.63) is 0 Å². The zero-order valence-corrected chi connectivity index (χ0v) is 16.9. The summed E-state index contributed by atoms with van der Waals surface area (Å²) in [4.78, 5) is 6.98.